The molecular weight excluding hydrogens is 302 g/mol. The van der Waals surface area contributed by atoms with E-state index < -0.39 is 0 Å². The molecule has 0 fully saturated rings. The molecule has 128 valence electrons. The van der Waals surface area contributed by atoms with Gasteiger partial charge in [0.2, 0.25) is 0 Å². The van der Waals surface area contributed by atoms with Crippen molar-refractivity contribution in [2.24, 2.45) is 0 Å². The van der Waals surface area contributed by atoms with Gasteiger partial charge < -0.3 is 10.1 Å². The second-order valence-corrected chi connectivity index (χ2v) is 7.43. The maximum atomic E-state index is 12.6. The van der Waals surface area contributed by atoms with Gasteiger partial charge in [0.05, 0.1) is 18.8 Å². The fourth-order valence-electron chi connectivity index (χ4n) is 2.88. The molecule has 1 amide bonds. The lowest BCUT2D eigenvalue weighted by atomic mass is 9.86. The van der Waals surface area contributed by atoms with Gasteiger partial charge in [-0.2, -0.15) is 5.10 Å². The number of hydrogen-bond acceptors (Lipinski definition) is 3. The zero-order valence-corrected chi connectivity index (χ0v) is 15.0. The van der Waals surface area contributed by atoms with E-state index in [1.807, 2.05) is 42.2 Å². The number of amides is 1. The van der Waals surface area contributed by atoms with E-state index in [-0.39, 0.29) is 17.4 Å². The van der Waals surface area contributed by atoms with Gasteiger partial charge in [-0.15, -0.1) is 0 Å². The summed E-state index contributed by atoms with van der Waals surface area (Å²) in [5, 5.41) is 7.38. The van der Waals surface area contributed by atoms with E-state index in [9.17, 15) is 4.79 Å². The summed E-state index contributed by atoms with van der Waals surface area (Å²) in [6, 6.07) is 5.87. The van der Waals surface area contributed by atoms with Crippen LogP contribution in [-0.4, -0.2) is 22.3 Å². The third-order valence-corrected chi connectivity index (χ3v) is 4.56. The van der Waals surface area contributed by atoms with Crippen molar-refractivity contribution >= 4 is 5.91 Å². The van der Waals surface area contributed by atoms with Gasteiger partial charge in [0.25, 0.3) is 5.91 Å². The number of carbonyl (C=O) groups excluding carboxylic acids is 1. The number of nitrogens with zero attached hydrogens (tertiary/aromatic N) is 2. The van der Waals surface area contributed by atoms with Crippen molar-refractivity contribution in [2.75, 3.05) is 6.61 Å². The Labute approximate surface area is 143 Å². The molecular formula is C19H25N3O2. The van der Waals surface area contributed by atoms with Crippen LogP contribution >= 0.6 is 0 Å². The molecule has 5 heteroatoms. The lowest BCUT2D eigenvalue weighted by Gasteiger charge is -2.17. The topological polar surface area (TPSA) is 56.1 Å². The van der Waals surface area contributed by atoms with Crippen LogP contribution in [0.25, 0.3) is 0 Å². The van der Waals surface area contributed by atoms with E-state index in [2.05, 4.69) is 38.1 Å². The van der Waals surface area contributed by atoms with Crippen LogP contribution in [0.1, 0.15) is 68.2 Å². The second kappa shape index (κ2) is 5.96. The zero-order valence-electron chi connectivity index (χ0n) is 15.0. The first-order valence-corrected chi connectivity index (χ1v) is 8.40. The molecule has 1 aromatic carbocycles. The largest absolute Gasteiger partial charge is 0.492 e. The molecule has 0 saturated carbocycles. The molecule has 1 N–H and O–H groups in total. The zero-order chi connectivity index (χ0) is 17.5. The molecule has 0 spiro atoms. The van der Waals surface area contributed by atoms with Crippen LogP contribution in [0.5, 0.6) is 5.75 Å². The van der Waals surface area contributed by atoms with E-state index in [1.165, 1.54) is 0 Å². The Morgan fingerprint density at radius 2 is 2.08 bits per heavy atom. The number of carbonyl (C=O) groups is 1. The quantitative estimate of drug-likeness (QED) is 0.933. The van der Waals surface area contributed by atoms with E-state index in [0.29, 0.717) is 18.2 Å². The molecule has 5 nitrogen and oxygen atoms in total. The van der Waals surface area contributed by atoms with E-state index >= 15 is 0 Å². The van der Waals surface area contributed by atoms with Crippen molar-refractivity contribution < 1.29 is 9.53 Å². The molecule has 24 heavy (non-hydrogen) atoms. The minimum atomic E-state index is -0.0949. The van der Waals surface area contributed by atoms with Crippen molar-refractivity contribution in [1.29, 1.82) is 0 Å². The molecule has 2 heterocycles. The van der Waals surface area contributed by atoms with Gasteiger partial charge in [0.15, 0.2) is 0 Å². The number of ether oxygens (including phenoxy) is 1. The van der Waals surface area contributed by atoms with Crippen molar-refractivity contribution in [2.45, 2.75) is 52.1 Å². The highest BCUT2D eigenvalue weighted by molar-refractivity contribution is 5.95. The highest BCUT2D eigenvalue weighted by atomic mass is 16.5. The standard InChI is InChI=1S/C19H25N3O2/c1-12(2)22-10-15(9-20-22)13(3)21-18(23)14-6-7-17-16(8-14)19(4,5)11-24-17/h6-10,12-13H,11H2,1-5H3,(H,21,23). The van der Waals surface area contributed by atoms with Crippen LogP contribution in [0, 0.1) is 0 Å². The summed E-state index contributed by atoms with van der Waals surface area (Å²) in [6.45, 7) is 11.0. The van der Waals surface area contributed by atoms with Crippen molar-refractivity contribution in [1.82, 2.24) is 15.1 Å². The van der Waals surface area contributed by atoms with Gasteiger partial charge in [-0.05, 0) is 39.0 Å². The maximum Gasteiger partial charge on any atom is 0.251 e. The average molecular weight is 327 g/mol. The fraction of sp³-hybridized carbons (Fsp3) is 0.474. The molecule has 1 unspecified atom stereocenters. The molecule has 0 radical (unpaired) electrons. The van der Waals surface area contributed by atoms with Crippen LogP contribution in [0.4, 0.5) is 0 Å². The third kappa shape index (κ3) is 3.03. The van der Waals surface area contributed by atoms with E-state index in [4.69, 9.17) is 4.74 Å². The third-order valence-electron chi connectivity index (χ3n) is 4.56. The minimum absolute atomic E-state index is 0.0599. The van der Waals surface area contributed by atoms with Crippen LogP contribution in [0.2, 0.25) is 0 Å². The number of benzene rings is 1. The van der Waals surface area contributed by atoms with E-state index in [0.717, 1.165) is 16.9 Å². The van der Waals surface area contributed by atoms with Crippen LogP contribution in [0.3, 0.4) is 0 Å². The Kier molecular flexibility index (Phi) is 4.11. The smallest absolute Gasteiger partial charge is 0.251 e. The predicted octanol–water partition coefficient (Wildman–Crippen LogP) is 3.63. The summed E-state index contributed by atoms with van der Waals surface area (Å²) >= 11 is 0. The first kappa shape index (κ1) is 16.6. The molecule has 1 aliphatic heterocycles. The SMILES string of the molecule is CC(NC(=O)c1ccc2c(c1)C(C)(C)CO2)c1cnn(C(C)C)c1. The number of aromatic nitrogens is 2. The predicted molar refractivity (Wildman–Crippen MR) is 93.5 cm³/mol. The number of nitrogens with one attached hydrogen (secondary N) is 1. The molecule has 2 aromatic rings. The molecule has 1 aliphatic rings. The van der Waals surface area contributed by atoms with Gasteiger partial charge in [-0.1, -0.05) is 13.8 Å². The van der Waals surface area contributed by atoms with Crippen molar-refractivity contribution in [3.8, 4) is 5.75 Å². The highest BCUT2D eigenvalue weighted by Gasteiger charge is 2.32. The monoisotopic (exact) mass is 327 g/mol. The van der Waals surface area contributed by atoms with Gasteiger partial charge >= 0.3 is 0 Å². The fourth-order valence-corrected chi connectivity index (χ4v) is 2.88. The Hall–Kier alpha value is -2.30. The van der Waals surface area contributed by atoms with Crippen molar-refractivity contribution in [3.63, 3.8) is 0 Å². The first-order chi connectivity index (χ1) is 11.3. The Balaban J connectivity index is 1.75. The molecule has 0 saturated heterocycles. The van der Waals surface area contributed by atoms with E-state index in [1.54, 1.807) is 0 Å². The van der Waals surface area contributed by atoms with Crippen molar-refractivity contribution in [3.05, 3.63) is 47.3 Å². The molecule has 3 rings (SSSR count). The lowest BCUT2D eigenvalue weighted by molar-refractivity contribution is 0.0940. The normalized spacial score (nSPS) is 16.6. The second-order valence-electron chi connectivity index (χ2n) is 7.43. The summed E-state index contributed by atoms with van der Waals surface area (Å²) in [7, 11) is 0. The van der Waals surface area contributed by atoms with Gasteiger partial charge in [0.1, 0.15) is 5.75 Å². The molecule has 0 aliphatic carbocycles. The number of hydrogen-bond donors (Lipinski definition) is 1. The Bertz CT molecular complexity index is 762. The summed E-state index contributed by atoms with van der Waals surface area (Å²) < 4.78 is 7.58. The summed E-state index contributed by atoms with van der Waals surface area (Å²) in [6.07, 6.45) is 3.79. The molecule has 0 bridgehead atoms. The minimum Gasteiger partial charge on any atom is -0.492 e. The summed E-state index contributed by atoms with van der Waals surface area (Å²) in [5.41, 5.74) is 2.70. The van der Waals surface area contributed by atoms with Crippen LogP contribution in [-0.2, 0) is 5.41 Å². The number of rotatable bonds is 4. The van der Waals surface area contributed by atoms with Crippen LogP contribution in [0.15, 0.2) is 30.6 Å². The maximum absolute atomic E-state index is 12.6. The summed E-state index contributed by atoms with van der Waals surface area (Å²) in [5.74, 6) is 0.799. The number of fused-ring (bicyclic) bond motifs is 1. The van der Waals surface area contributed by atoms with Gasteiger partial charge in [-0.3, -0.25) is 9.48 Å². The highest BCUT2D eigenvalue weighted by Crippen LogP contribution is 2.38. The van der Waals surface area contributed by atoms with Gasteiger partial charge in [0, 0.05) is 34.3 Å². The Morgan fingerprint density at radius 1 is 1.33 bits per heavy atom. The average Bonchev–Trinajstić information content (AvgIpc) is 3.13. The molecule has 1 atom stereocenters. The van der Waals surface area contributed by atoms with Gasteiger partial charge in [-0.25, -0.2) is 0 Å². The summed E-state index contributed by atoms with van der Waals surface area (Å²) in [4.78, 5) is 12.6. The first-order valence-electron chi connectivity index (χ1n) is 8.40. The lowest BCUT2D eigenvalue weighted by Crippen LogP contribution is -2.27. The molecule has 1 aromatic heterocycles. The van der Waals surface area contributed by atoms with Crippen LogP contribution < -0.4 is 10.1 Å². The Morgan fingerprint density at radius 3 is 2.75 bits per heavy atom.